The first-order chi connectivity index (χ1) is 6.24. The van der Waals surface area contributed by atoms with E-state index in [4.69, 9.17) is 4.33 Å². The Morgan fingerprint density at radius 2 is 1.92 bits per heavy atom. The van der Waals surface area contributed by atoms with Gasteiger partial charge < -0.3 is 4.90 Å². The Kier molecular flexibility index (Phi) is 4.51. The van der Waals surface area contributed by atoms with Gasteiger partial charge in [0.15, 0.2) is 0 Å². The molecule has 13 heavy (non-hydrogen) atoms. The van der Waals surface area contributed by atoms with Crippen LogP contribution in [0.3, 0.4) is 0 Å². The number of carbonyl (C=O) groups is 1. The van der Waals surface area contributed by atoms with Crippen LogP contribution in [0.2, 0.25) is 0 Å². The van der Waals surface area contributed by atoms with Gasteiger partial charge >= 0.3 is 0 Å². The summed E-state index contributed by atoms with van der Waals surface area (Å²) < 4.78 is 6.72. The van der Waals surface area contributed by atoms with Crippen LogP contribution in [0.25, 0.3) is 0 Å². The number of amides is 1. The largest absolute Gasteiger partial charge is 0.340 e. The zero-order chi connectivity index (χ0) is 9.68. The highest BCUT2D eigenvalue weighted by atomic mass is 32.2. The normalized spacial score (nSPS) is 19.1. The molecule has 1 heterocycles. The van der Waals surface area contributed by atoms with Crippen LogP contribution in [0, 0.1) is 0 Å². The monoisotopic (exact) mass is 206 g/mol. The van der Waals surface area contributed by atoms with E-state index in [1.807, 2.05) is 9.21 Å². The third-order valence-corrected chi connectivity index (χ3v) is 2.66. The highest BCUT2D eigenvalue weighted by molar-refractivity contribution is 7.92. The van der Waals surface area contributed by atoms with E-state index < -0.39 is 0 Å². The molecule has 76 valence electrons. The van der Waals surface area contributed by atoms with Gasteiger partial charge in [-0.2, -0.15) is 0 Å². The van der Waals surface area contributed by atoms with Crippen molar-refractivity contribution in [3.8, 4) is 0 Å². The molecule has 6 heteroatoms. The third kappa shape index (κ3) is 3.51. The van der Waals surface area contributed by atoms with Crippen LogP contribution in [-0.2, 0) is 14.0 Å². The van der Waals surface area contributed by atoms with Crippen molar-refractivity contribution in [2.24, 2.45) is 0 Å². The van der Waals surface area contributed by atoms with Crippen LogP contribution >= 0.6 is 12.2 Å². The molecule has 1 fully saturated rings. The predicted octanol–water partition coefficient (Wildman–Crippen LogP) is 0.292. The molecule has 1 aliphatic rings. The molecule has 5 nitrogen and oxygen atoms in total. The molecular formula is C7H14N2O3S. The molecular weight excluding hydrogens is 192 g/mol. The summed E-state index contributed by atoms with van der Waals surface area (Å²) in [7, 11) is 1.47. The van der Waals surface area contributed by atoms with E-state index in [1.165, 1.54) is 19.3 Å². The molecule has 0 aliphatic carbocycles. The van der Waals surface area contributed by atoms with E-state index in [2.05, 4.69) is 4.89 Å². The molecule has 0 aromatic carbocycles. The maximum atomic E-state index is 11.0. The zero-order valence-electron chi connectivity index (χ0n) is 7.86. The lowest BCUT2D eigenvalue weighted by Gasteiger charge is -2.31. The summed E-state index contributed by atoms with van der Waals surface area (Å²) in [5, 5.41) is 0. The number of rotatable bonds is 3. The fourth-order valence-corrected chi connectivity index (χ4v) is 1.61. The Morgan fingerprint density at radius 3 is 2.38 bits per heavy atom. The van der Waals surface area contributed by atoms with Crippen LogP contribution in [-0.4, -0.2) is 48.4 Å². The molecule has 0 N–H and O–H groups in total. The van der Waals surface area contributed by atoms with Gasteiger partial charge in [0.2, 0.25) is 5.91 Å². The predicted molar refractivity (Wildman–Crippen MR) is 49.5 cm³/mol. The molecule has 1 saturated heterocycles. The lowest BCUT2D eigenvalue weighted by atomic mass is 10.3. The molecule has 1 rings (SSSR count). The Hall–Kier alpha value is -0.300. The quantitative estimate of drug-likeness (QED) is 0.287. The molecule has 0 atom stereocenters. The molecule has 0 bridgehead atoms. The van der Waals surface area contributed by atoms with Crippen LogP contribution in [0.1, 0.15) is 6.92 Å². The second-order valence-electron chi connectivity index (χ2n) is 2.74. The molecule has 0 saturated carbocycles. The van der Waals surface area contributed by atoms with Gasteiger partial charge in [-0.05, 0) is 0 Å². The first-order valence-electron chi connectivity index (χ1n) is 4.12. The van der Waals surface area contributed by atoms with Gasteiger partial charge in [0.25, 0.3) is 0 Å². The second kappa shape index (κ2) is 5.43. The molecule has 0 spiro atoms. The Balaban J connectivity index is 2.18. The van der Waals surface area contributed by atoms with Gasteiger partial charge in [0, 0.05) is 33.1 Å². The standard InChI is InChI=1S/C7H14N2O3S/c1-7(10)8-3-5-9(6-4-8)13-12-11-2/h3-6H2,1-2H3. The smallest absolute Gasteiger partial charge is 0.219 e. The maximum Gasteiger partial charge on any atom is 0.219 e. The van der Waals surface area contributed by atoms with Crippen molar-refractivity contribution in [2.45, 2.75) is 6.92 Å². The fourth-order valence-electron chi connectivity index (χ4n) is 1.15. The SMILES string of the molecule is COOSN1CCN(C(C)=O)CC1. The molecule has 1 amide bonds. The number of nitrogens with zero attached hydrogens (tertiary/aromatic N) is 2. The average molecular weight is 206 g/mol. The molecule has 1 aliphatic heterocycles. The molecule has 0 aromatic heterocycles. The number of piperazine rings is 1. The van der Waals surface area contributed by atoms with E-state index in [-0.39, 0.29) is 5.91 Å². The number of carbonyl (C=O) groups excluding carboxylic acids is 1. The van der Waals surface area contributed by atoms with E-state index in [0.717, 1.165) is 26.2 Å². The minimum Gasteiger partial charge on any atom is -0.340 e. The highest BCUT2D eigenvalue weighted by Gasteiger charge is 2.19. The summed E-state index contributed by atoms with van der Waals surface area (Å²) >= 11 is 1.18. The Labute approximate surface area is 82.2 Å². The minimum absolute atomic E-state index is 0.136. The third-order valence-electron chi connectivity index (χ3n) is 1.89. The van der Waals surface area contributed by atoms with Crippen molar-refractivity contribution in [3.63, 3.8) is 0 Å². The minimum atomic E-state index is 0.136. The van der Waals surface area contributed by atoms with Crippen molar-refractivity contribution >= 4 is 18.1 Å². The summed E-state index contributed by atoms with van der Waals surface area (Å²) in [5.74, 6) is 0.136. The Morgan fingerprint density at radius 1 is 1.31 bits per heavy atom. The number of hydrogen-bond donors (Lipinski definition) is 0. The van der Waals surface area contributed by atoms with Gasteiger partial charge in [-0.25, -0.2) is 9.19 Å². The van der Waals surface area contributed by atoms with Crippen LogP contribution in [0.4, 0.5) is 0 Å². The van der Waals surface area contributed by atoms with Gasteiger partial charge in [-0.15, -0.1) is 4.33 Å². The molecule has 0 radical (unpaired) electrons. The highest BCUT2D eigenvalue weighted by Crippen LogP contribution is 2.14. The lowest BCUT2D eigenvalue weighted by Crippen LogP contribution is -2.45. The van der Waals surface area contributed by atoms with Crippen LogP contribution < -0.4 is 0 Å². The zero-order valence-corrected chi connectivity index (χ0v) is 8.67. The van der Waals surface area contributed by atoms with Gasteiger partial charge in [0.05, 0.1) is 7.11 Å². The first-order valence-corrected chi connectivity index (χ1v) is 4.82. The van der Waals surface area contributed by atoms with Gasteiger partial charge in [-0.3, -0.25) is 4.79 Å². The Bertz CT molecular complexity index is 171. The lowest BCUT2D eigenvalue weighted by molar-refractivity contribution is -0.164. The summed E-state index contributed by atoms with van der Waals surface area (Å²) in [6.07, 6.45) is 0. The van der Waals surface area contributed by atoms with Crippen LogP contribution in [0.15, 0.2) is 0 Å². The van der Waals surface area contributed by atoms with Crippen molar-refractivity contribution in [3.05, 3.63) is 0 Å². The molecule has 0 aromatic rings. The van der Waals surface area contributed by atoms with Crippen molar-refractivity contribution in [1.29, 1.82) is 0 Å². The van der Waals surface area contributed by atoms with Crippen molar-refractivity contribution in [2.75, 3.05) is 33.3 Å². The fraction of sp³-hybridized carbons (Fsp3) is 0.857. The van der Waals surface area contributed by atoms with Gasteiger partial charge in [-0.1, -0.05) is 0 Å². The summed E-state index contributed by atoms with van der Waals surface area (Å²) in [6.45, 7) is 4.74. The summed E-state index contributed by atoms with van der Waals surface area (Å²) in [5.41, 5.74) is 0. The van der Waals surface area contributed by atoms with E-state index >= 15 is 0 Å². The van der Waals surface area contributed by atoms with Crippen molar-refractivity contribution in [1.82, 2.24) is 9.21 Å². The first kappa shape index (κ1) is 10.8. The maximum absolute atomic E-state index is 11.0. The number of hydrogen-bond acceptors (Lipinski definition) is 5. The average Bonchev–Trinajstić information content (AvgIpc) is 2.15. The summed E-state index contributed by atoms with van der Waals surface area (Å²) in [4.78, 5) is 17.2. The van der Waals surface area contributed by atoms with E-state index in [0.29, 0.717) is 0 Å². The van der Waals surface area contributed by atoms with Crippen molar-refractivity contribution < 1.29 is 14.0 Å². The van der Waals surface area contributed by atoms with E-state index in [1.54, 1.807) is 6.92 Å². The van der Waals surface area contributed by atoms with Gasteiger partial charge in [0.1, 0.15) is 12.2 Å². The topological polar surface area (TPSA) is 42.0 Å². The summed E-state index contributed by atoms with van der Waals surface area (Å²) in [6, 6.07) is 0. The molecule has 0 unspecified atom stereocenters. The second-order valence-corrected chi connectivity index (χ2v) is 3.55. The van der Waals surface area contributed by atoms with Crippen LogP contribution in [0.5, 0.6) is 0 Å². The van der Waals surface area contributed by atoms with E-state index in [9.17, 15) is 4.79 Å².